The van der Waals surface area contributed by atoms with Gasteiger partial charge in [-0.2, -0.15) is 22.8 Å². The molecule has 9 heterocycles. The minimum absolute atomic E-state index is 0. The molecule has 1 aromatic carbocycles. The molecule has 3 fully saturated rings. The van der Waals surface area contributed by atoms with E-state index in [9.17, 15) is 63.4 Å². The van der Waals surface area contributed by atoms with Crippen molar-refractivity contribution < 1.29 is 94.2 Å². The smallest absolute Gasteiger partial charge is 0.220 e. The number of rotatable bonds is 28. The van der Waals surface area contributed by atoms with Crippen LogP contribution in [0.4, 0.5) is 5.82 Å². The monoisotopic (exact) mass is 1630 g/mol. The summed E-state index contributed by atoms with van der Waals surface area (Å²) in [6.45, 7) is 29.9. The number of hydrogen-bond acceptors (Lipinski definition) is 23. The number of carbonyl (C=O) groups is 7. The molecule has 6 aliphatic heterocycles. The average Bonchev–Trinajstić information content (AvgIpc) is 1.53. The first-order valence-corrected chi connectivity index (χ1v) is 39.4. The largest absolute Gasteiger partial charge is 0.778 e. The van der Waals surface area contributed by atoms with E-state index in [1.165, 1.54) is 50.4 Å². The summed E-state index contributed by atoms with van der Waals surface area (Å²) >= 11 is 0. The first-order chi connectivity index (χ1) is 52.0. The van der Waals surface area contributed by atoms with Gasteiger partial charge in [0.2, 0.25) is 41.4 Å². The van der Waals surface area contributed by atoms with Crippen molar-refractivity contribution in [2.45, 2.75) is 239 Å². The number of nitrogens with two attached hydrogens (primary N) is 7. The van der Waals surface area contributed by atoms with Crippen LogP contribution in [-0.2, 0) is 74.6 Å². The number of benzene rings is 1. The summed E-state index contributed by atoms with van der Waals surface area (Å²) in [5.41, 5.74) is 39.8. The van der Waals surface area contributed by atoms with Crippen molar-refractivity contribution in [3.63, 3.8) is 0 Å². The number of ether oxygens (including phenoxy) is 2. The zero-order chi connectivity index (χ0) is 83.0. The predicted octanol–water partition coefficient (Wildman–Crippen LogP) is 4.07. The molecule has 11 rings (SSSR count). The van der Waals surface area contributed by atoms with Crippen molar-refractivity contribution >= 4 is 88.4 Å². The van der Waals surface area contributed by atoms with Gasteiger partial charge in [-0.15, -0.1) is 6.08 Å². The second-order valence-corrected chi connectivity index (χ2v) is 35.3. The first kappa shape index (κ1) is 88.5. The third kappa shape index (κ3) is 16.1. The maximum Gasteiger partial charge on any atom is 0.220 e. The number of nitrogens with one attached hydrogen (secondary N) is 1. The number of aliphatic hydroxyl groups is 4. The number of aryl methyl sites for hydroxylation is 2. The Morgan fingerprint density at radius 3 is 1.99 bits per heavy atom. The van der Waals surface area contributed by atoms with E-state index in [4.69, 9.17) is 76.0 Å². The summed E-state index contributed by atoms with van der Waals surface area (Å²) in [6, 6.07) is 0.839. The molecule has 33 nitrogen and oxygen atoms in total. The number of anilines is 1. The molecule has 3 aromatic heterocycles. The number of aromatic nitrogens is 6. The van der Waals surface area contributed by atoms with Gasteiger partial charge in [-0.3, -0.25) is 48.1 Å². The number of carbonyl (C=O) groups excluding carboxylic acids is 7. The van der Waals surface area contributed by atoms with Crippen molar-refractivity contribution in [3.8, 4) is 0 Å². The Morgan fingerprint density at radius 2 is 1.41 bits per heavy atom. The number of imidazole rings is 2. The van der Waals surface area contributed by atoms with Gasteiger partial charge in [-0.1, -0.05) is 47.6 Å². The fourth-order valence-electron chi connectivity index (χ4n) is 18.7. The molecule has 19 N–H and O–H groups in total. The van der Waals surface area contributed by atoms with E-state index < -0.39 is 172 Å². The fraction of sp³-hybridized carbons (Fsp3) is 0.603. The molecule has 35 heteroatoms. The van der Waals surface area contributed by atoms with Crippen molar-refractivity contribution in [3.05, 3.63) is 106 Å². The Morgan fingerprint density at radius 1 is 0.796 bits per heavy atom. The second kappa shape index (κ2) is 32.3. The number of aliphatic imine (C=N–C) groups is 2. The van der Waals surface area contributed by atoms with Gasteiger partial charge >= 0.3 is 0 Å². The molecule has 4 aromatic rings. The van der Waals surface area contributed by atoms with E-state index in [2.05, 4.69) is 31.3 Å². The maximum atomic E-state index is 14.1. The Kier molecular flexibility index (Phi) is 25.3. The van der Waals surface area contributed by atoms with Crippen LogP contribution in [-0.4, -0.2) is 168 Å². The van der Waals surface area contributed by atoms with Crippen molar-refractivity contribution in [2.24, 2.45) is 89.7 Å². The quantitative estimate of drug-likeness (QED) is 0.0281. The molecule has 14 unspecified atom stereocenters. The molecule has 8 bridgehead atoms. The fourth-order valence-corrected chi connectivity index (χ4v) is 20.2. The molecule has 7 aliphatic rings. The van der Waals surface area contributed by atoms with Gasteiger partial charge in [-0.05, 0) is 151 Å². The number of nitrogen functional groups attached to an aromatic ring is 1. The van der Waals surface area contributed by atoms with Crippen LogP contribution in [0.25, 0.3) is 27.5 Å². The summed E-state index contributed by atoms with van der Waals surface area (Å²) in [7, 11) is -4.88. The van der Waals surface area contributed by atoms with Crippen LogP contribution in [0.2, 0.25) is 0 Å². The molecule has 3 saturated heterocycles. The molecule has 0 spiro atoms. The molecule has 1 radical (unpaired) electrons. The number of nitrogens with zero attached hydrogens (tertiary/aromatic N) is 9. The molecule has 1 aliphatic carbocycles. The van der Waals surface area contributed by atoms with E-state index in [0.717, 1.165) is 11.1 Å². The summed E-state index contributed by atoms with van der Waals surface area (Å²) in [6.07, 6.45) is 4.65. The van der Waals surface area contributed by atoms with Gasteiger partial charge in [0.1, 0.15) is 49.0 Å². The van der Waals surface area contributed by atoms with Crippen LogP contribution in [0.1, 0.15) is 177 Å². The van der Waals surface area contributed by atoms with Crippen LogP contribution >= 0.6 is 7.60 Å². The number of allylic oxidation sites excluding steroid dienone is 8. The van der Waals surface area contributed by atoms with Crippen LogP contribution < -0.4 is 50.3 Å². The van der Waals surface area contributed by atoms with Gasteiger partial charge < -0.3 is 106 Å². The molecular weight excluding hydrogens is 1520 g/mol. The number of aliphatic hydroxyl groups excluding tert-OH is 2. The van der Waals surface area contributed by atoms with Gasteiger partial charge in [0.15, 0.2) is 23.4 Å². The Hall–Kier alpha value is -8.41. The van der Waals surface area contributed by atoms with Gasteiger partial charge in [0.25, 0.3) is 0 Å². The maximum absolute atomic E-state index is 14.1. The predicted molar refractivity (Wildman–Crippen MR) is 413 cm³/mol. The van der Waals surface area contributed by atoms with Gasteiger partial charge in [0, 0.05) is 108 Å². The van der Waals surface area contributed by atoms with Crippen LogP contribution in [0, 0.1) is 71.8 Å². The zero-order valence-corrected chi connectivity index (χ0v) is 68.3. The van der Waals surface area contributed by atoms with Gasteiger partial charge in [-0.25, -0.2) is 31.7 Å². The topological polar surface area (TPSA) is 563 Å². The van der Waals surface area contributed by atoms with Gasteiger partial charge in [0.05, 0.1) is 35.9 Å². The van der Waals surface area contributed by atoms with E-state index in [1.54, 1.807) is 18.4 Å². The molecule has 619 valence electrons. The molecule has 19 atom stereocenters. The Bertz CT molecular complexity index is 4740. The van der Waals surface area contributed by atoms with E-state index in [1.807, 2.05) is 80.5 Å². The zero-order valence-electron chi connectivity index (χ0n) is 66.4. The minimum atomic E-state index is -4.88. The van der Waals surface area contributed by atoms with E-state index >= 15 is 0 Å². The number of hydrogen-bond donors (Lipinski definition) is 12. The Labute approximate surface area is 667 Å². The van der Waals surface area contributed by atoms with Crippen molar-refractivity contribution in [2.75, 3.05) is 18.5 Å². The van der Waals surface area contributed by atoms with Crippen LogP contribution in [0.3, 0.4) is 0 Å². The molecule has 0 saturated carbocycles. The third-order valence-electron chi connectivity index (χ3n) is 25.5. The number of primary amides is 6. The van der Waals surface area contributed by atoms with Crippen LogP contribution in [0.5, 0.6) is 0 Å². The summed E-state index contributed by atoms with van der Waals surface area (Å²) in [5.74, 6) is -6.63. The summed E-state index contributed by atoms with van der Waals surface area (Å²) in [5, 5.41) is 52.2. The Balaban J connectivity index is 0.000000518. The van der Waals surface area contributed by atoms with E-state index in [0.29, 0.717) is 67.3 Å². The molecule has 113 heavy (non-hydrogen) atoms. The normalized spacial score (nSPS) is 34.8. The SMILES string of the molecule is C/C1=C2N=C(/C=C3[C-]=C(/C(C)=C4\[N-]C(C5N=C1C(C)(CCCC(=O)NC(C)CP(=O)([O-])O[C@H]1C(CO)OC(n6cnc7cc(C)c(C)cc76)[C@@H]1O)C5CC(N)=O)C(C)(CC(N)=O)C4CCC(N)=O)C(C)(CC(N)=O)C\3CCC(N)=O)C(C)(C)C/2CCC(N)=O.[CH-]=C[C@@]1(C)O[C@@](C)(n2cnc3c(N)ncnc32)C(C)(O)[C@@]1(C)O.[Co]. The second-order valence-electron chi connectivity index (χ2n) is 33.5. The minimum Gasteiger partial charge on any atom is -0.778 e. The summed E-state index contributed by atoms with van der Waals surface area (Å²) in [4.78, 5) is 134. The van der Waals surface area contributed by atoms with Crippen molar-refractivity contribution in [1.29, 1.82) is 0 Å². The molecular formula is C78H108CoN17O16P-4. The standard InChI is InChI=1S/C63H90N12O13P.C15H20N5O3.Co/c1-30-20-41-42(21-31(30)2)75(29-70-41)59-55(84)56(43(27-76)87-59)88-89(85,86)28-32(3)71-51(83)12-11-19-61(8)40(24-48(67)80)54-58-63(10,26-50(69)82)38(15-18-47(66)79)52(73-58)33(4)39-22-35(36(13-16-45(64)77)62(39,9)25-49(68)81)23-44-60(6,7)37(14-17-46(65)78)53(72-44)34(5)57(61)74-54;1-6-12(2)13(3,21)14(4,22)15(5,23-12)20-8-19-9-10(16)17-7-18-11(9)20;/h20-21,23,29,32,36-38,40,43,54-56,58-59,76,84H,11-19,24-28H2,1-10H3,(H15,64,65,66,67,68,69,71,72,73,74,77,78,79,80,81,82,83,85,86);1,6-8,21-22H,2-5H3,(H2,16,17,18);/q2*-1;/p-2/t32?,36?,37?,38?,40?,43?,54?,55-,56+,58?,59?,61?,62?,63?;12-,13+,14?,15-;/m11./s1. The van der Waals surface area contributed by atoms with Crippen molar-refractivity contribution in [1.82, 2.24) is 34.4 Å². The average molecular weight is 1630 g/mol. The van der Waals surface area contributed by atoms with Crippen LogP contribution in [0.15, 0.2) is 86.9 Å². The van der Waals surface area contributed by atoms with E-state index in [-0.39, 0.29) is 99.6 Å². The third-order valence-corrected chi connectivity index (χ3v) is 27.1. The first-order valence-electron chi connectivity index (χ1n) is 37.7. The summed E-state index contributed by atoms with van der Waals surface area (Å²) < 4.78 is 34.5. The number of amides is 7. The molecule has 7 amide bonds. The number of fused-ring (bicyclic) bond motifs is 8.